The van der Waals surface area contributed by atoms with Crippen molar-refractivity contribution in [2.24, 2.45) is 5.92 Å². The summed E-state index contributed by atoms with van der Waals surface area (Å²) in [5.74, 6) is 1.90. The lowest BCUT2D eigenvalue weighted by molar-refractivity contribution is 0.0376. The summed E-state index contributed by atoms with van der Waals surface area (Å²) < 4.78 is 29.6. The quantitative estimate of drug-likeness (QED) is 0.841. The van der Waals surface area contributed by atoms with Crippen molar-refractivity contribution in [3.8, 4) is 11.5 Å². The summed E-state index contributed by atoms with van der Waals surface area (Å²) in [5.41, 5.74) is 0.983. The second kappa shape index (κ2) is 6.45. The van der Waals surface area contributed by atoms with Crippen molar-refractivity contribution in [2.45, 2.75) is 31.5 Å². The molecule has 2 aliphatic heterocycles. The number of phenols is 1. The molecule has 4 rings (SSSR count). The van der Waals surface area contributed by atoms with Crippen LogP contribution in [0.5, 0.6) is 11.5 Å². The molecule has 2 heterocycles. The summed E-state index contributed by atoms with van der Waals surface area (Å²) in [6.45, 7) is 3.50. The van der Waals surface area contributed by atoms with E-state index in [1.54, 1.807) is 12.1 Å². The van der Waals surface area contributed by atoms with Gasteiger partial charge < -0.3 is 9.84 Å². The average molecular weight is 366 g/mol. The number of piperazine rings is 1. The van der Waals surface area contributed by atoms with E-state index in [4.69, 9.17) is 4.74 Å². The van der Waals surface area contributed by atoms with E-state index in [0.29, 0.717) is 12.3 Å². The number of benzene rings is 1. The maximum absolute atomic E-state index is 12.3. The SMILES string of the molecule is COc1ccc(CN2CCN(CC3CC3)[C@@H]3CS(=O)(=O)C[C@@H]32)cc1O. The first kappa shape index (κ1) is 17.1. The molecule has 0 unspecified atom stereocenters. The second-order valence-electron chi connectivity index (χ2n) is 7.63. The third-order valence-corrected chi connectivity index (χ3v) is 7.42. The van der Waals surface area contributed by atoms with Gasteiger partial charge in [0.25, 0.3) is 0 Å². The normalized spacial score (nSPS) is 29.5. The molecule has 7 heteroatoms. The lowest BCUT2D eigenvalue weighted by Crippen LogP contribution is -2.59. The molecule has 1 aliphatic carbocycles. The van der Waals surface area contributed by atoms with E-state index in [1.165, 1.54) is 20.0 Å². The van der Waals surface area contributed by atoms with Gasteiger partial charge in [0.15, 0.2) is 21.3 Å². The zero-order chi connectivity index (χ0) is 17.6. The largest absolute Gasteiger partial charge is 0.504 e. The van der Waals surface area contributed by atoms with E-state index < -0.39 is 9.84 Å². The fraction of sp³-hybridized carbons (Fsp3) is 0.667. The van der Waals surface area contributed by atoms with Crippen LogP contribution in [0.4, 0.5) is 0 Å². The van der Waals surface area contributed by atoms with Crippen LogP contribution in [-0.4, -0.2) is 73.7 Å². The Morgan fingerprint density at radius 3 is 2.48 bits per heavy atom. The van der Waals surface area contributed by atoms with Crippen LogP contribution in [0.2, 0.25) is 0 Å². The number of nitrogens with zero attached hydrogens (tertiary/aromatic N) is 2. The molecule has 6 nitrogen and oxygen atoms in total. The molecule has 2 atom stereocenters. The van der Waals surface area contributed by atoms with Gasteiger partial charge in [-0.15, -0.1) is 0 Å². The van der Waals surface area contributed by atoms with Crippen molar-refractivity contribution in [3.63, 3.8) is 0 Å². The highest BCUT2D eigenvalue weighted by Crippen LogP contribution is 2.35. The smallest absolute Gasteiger partial charge is 0.160 e. The Labute approximate surface area is 149 Å². The lowest BCUT2D eigenvalue weighted by Gasteiger charge is -2.44. The lowest BCUT2D eigenvalue weighted by atomic mass is 10.0. The first-order chi connectivity index (χ1) is 11.9. The Balaban J connectivity index is 1.51. The predicted octanol–water partition coefficient (Wildman–Crippen LogP) is 1.09. The molecule has 0 radical (unpaired) electrons. The van der Waals surface area contributed by atoms with E-state index in [0.717, 1.165) is 31.1 Å². The van der Waals surface area contributed by atoms with Gasteiger partial charge in [-0.2, -0.15) is 0 Å². The molecule has 0 spiro atoms. The molecule has 3 fully saturated rings. The number of methoxy groups -OCH3 is 1. The van der Waals surface area contributed by atoms with E-state index in [1.807, 2.05) is 6.07 Å². The molecule has 25 heavy (non-hydrogen) atoms. The average Bonchev–Trinajstić information content (AvgIpc) is 3.30. The minimum atomic E-state index is -2.97. The van der Waals surface area contributed by atoms with Crippen LogP contribution in [0.1, 0.15) is 18.4 Å². The molecule has 2 saturated heterocycles. The Morgan fingerprint density at radius 2 is 1.84 bits per heavy atom. The number of fused-ring (bicyclic) bond motifs is 1. The summed E-state index contributed by atoms with van der Waals surface area (Å²) in [6.07, 6.45) is 2.57. The molecular formula is C18H26N2O4S. The highest BCUT2D eigenvalue weighted by atomic mass is 32.2. The summed E-state index contributed by atoms with van der Waals surface area (Å²) in [5, 5.41) is 9.99. The number of aromatic hydroxyl groups is 1. The van der Waals surface area contributed by atoms with Gasteiger partial charge in [0, 0.05) is 38.3 Å². The minimum absolute atomic E-state index is 0.0572. The van der Waals surface area contributed by atoms with Crippen LogP contribution in [0.3, 0.4) is 0 Å². The second-order valence-corrected chi connectivity index (χ2v) is 9.78. The molecule has 0 amide bonds. The van der Waals surface area contributed by atoms with Gasteiger partial charge >= 0.3 is 0 Å². The Morgan fingerprint density at radius 1 is 1.16 bits per heavy atom. The fourth-order valence-corrected chi connectivity index (χ4v) is 6.26. The summed E-state index contributed by atoms with van der Waals surface area (Å²) >= 11 is 0. The molecular weight excluding hydrogens is 340 g/mol. The van der Waals surface area contributed by atoms with Crippen LogP contribution in [-0.2, 0) is 16.4 Å². The maximum Gasteiger partial charge on any atom is 0.160 e. The number of hydrogen-bond acceptors (Lipinski definition) is 6. The number of hydrogen-bond donors (Lipinski definition) is 1. The Kier molecular flexibility index (Phi) is 4.42. The van der Waals surface area contributed by atoms with Gasteiger partial charge in [0.1, 0.15) is 0 Å². The van der Waals surface area contributed by atoms with Gasteiger partial charge in [-0.05, 0) is 36.5 Å². The number of rotatable bonds is 5. The third kappa shape index (κ3) is 3.64. The van der Waals surface area contributed by atoms with Crippen LogP contribution < -0.4 is 4.74 Å². The van der Waals surface area contributed by atoms with Gasteiger partial charge in [0.2, 0.25) is 0 Å². The van der Waals surface area contributed by atoms with E-state index in [9.17, 15) is 13.5 Å². The van der Waals surface area contributed by atoms with Crippen molar-refractivity contribution >= 4 is 9.84 Å². The summed E-state index contributed by atoms with van der Waals surface area (Å²) in [7, 11) is -1.44. The topological polar surface area (TPSA) is 70.1 Å². The van der Waals surface area contributed by atoms with Gasteiger partial charge in [-0.25, -0.2) is 8.42 Å². The van der Waals surface area contributed by atoms with Gasteiger partial charge in [-0.1, -0.05) is 6.07 Å². The van der Waals surface area contributed by atoms with Crippen molar-refractivity contribution < 1.29 is 18.3 Å². The number of phenolic OH excluding ortho intramolecular Hbond substituents is 1. The molecule has 0 aromatic heterocycles. The monoisotopic (exact) mass is 366 g/mol. The summed E-state index contributed by atoms with van der Waals surface area (Å²) in [6, 6.07) is 5.59. The standard InChI is InChI=1S/C18H26N2O4S/c1-24-18-5-4-14(8-17(18)21)10-20-7-6-19(9-13-2-3-13)15-11-25(22,23)12-16(15)20/h4-5,8,13,15-16,21H,2-3,6-7,9-12H2,1H3/t15-,16+/m1/s1. The van der Waals surface area contributed by atoms with Crippen molar-refractivity contribution in [1.82, 2.24) is 9.80 Å². The van der Waals surface area contributed by atoms with Crippen LogP contribution in [0.15, 0.2) is 18.2 Å². The predicted molar refractivity (Wildman–Crippen MR) is 95.6 cm³/mol. The molecule has 1 aromatic rings. The zero-order valence-electron chi connectivity index (χ0n) is 14.6. The summed E-state index contributed by atoms with van der Waals surface area (Å²) in [4.78, 5) is 4.69. The fourth-order valence-electron chi connectivity index (χ4n) is 4.22. The van der Waals surface area contributed by atoms with Crippen LogP contribution in [0.25, 0.3) is 0 Å². The highest BCUT2D eigenvalue weighted by Gasteiger charge is 2.47. The molecule has 138 valence electrons. The van der Waals surface area contributed by atoms with Crippen LogP contribution >= 0.6 is 0 Å². The molecule has 0 bridgehead atoms. The molecule has 1 N–H and O–H groups in total. The number of sulfone groups is 1. The van der Waals surface area contributed by atoms with Crippen LogP contribution in [0, 0.1) is 5.92 Å². The Hall–Kier alpha value is -1.31. The molecule has 1 aromatic carbocycles. The van der Waals surface area contributed by atoms with Crippen molar-refractivity contribution in [3.05, 3.63) is 23.8 Å². The van der Waals surface area contributed by atoms with Gasteiger partial charge in [0.05, 0.1) is 18.6 Å². The first-order valence-corrected chi connectivity index (χ1v) is 10.8. The first-order valence-electron chi connectivity index (χ1n) is 8.99. The van der Waals surface area contributed by atoms with E-state index in [-0.39, 0.29) is 29.3 Å². The van der Waals surface area contributed by atoms with Gasteiger partial charge in [-0.3, -0.25) is 9.80 Å². The molecule has 3 aliphatic rings. The zero-order valence-corrected chi connectivity index (χ0v) is 15.4. The van der Waals surface area contributed by atoms with Crippen molar-refractivity contribution in [2.75, 3.05) is 38.2 Å². The molecule has 1 saturated carbocycles. The maximum atomic E-state index is 12.3. The van der Waals surface area contributed by atoms with E-state index in [2.05, 4.69) is 9.80 Å². The minimum Gasteiger partial charge on any atom is -0.504 e. The number of ether oxygens (including phenoxy) is 1. The third-order valence-electron chi connectivity index (χ3n) is 5.72. The Bertz CT molecular complexity index is 747. The van der Waals surface area contributed by atoms with E-state index >= 15 is 0 Å². The highest BCUT2D eigenvalue weighted by molar-refractivity contribution is 7.91. The van der Waals surface area contributed by atoms with Crippen molar-refractivity contribution in [1.29, 1.82) is 0 Å².